The lowest BCUT2D eigenvalue weighted by Crippen LogP contribution is -2.47. The molecule has 1 atom stereocenters. The van der Waals surface area contributed by atoms with E-state index in [0.717, 1.165) is 12.8 Å². The molecule has 2 fully saturated rings. The van der Waals surface area contributed by atoms with Crippen LogP contribution in [0.2, 0.25) is 0 Å². The van der Waals surface area contributed by atoms with E-state index in [1.807, 2.05) is 0 Å². The van der Waals surface area contributed by atoms with Gasteiger partial charge < -0.3 is 15.7 Å². The van der Waals surface area contributed by atoms with Gasteiger partial charge >= 0.3 is 6.03 Å². The molecule has 0 aliphatic heterocycles. The highest BCUT2D eigenvalue weighted by Crippen LogP contribution is 2.33. The number of aliphatic hydroxyl groups is 1. The van der Waals surface area contributed by atoms with Crippen LogP contribution in [0.15, 0.2) is 0 Å². The van der Waals surface area contributed by atoms with E-state index in [-0.39, 0.29) is 18.7 Å². The van der Waals surface area contributed by atoms with Crippen molar-refractivity contribution in [2.45, 2.75) is 63.5 Å². The van der Waals surface area contributed by atoms with Gasteiger partial charge in [-0.1, -0.05) is 19.3 Å². The van der Waals surface area contributed by atoms with Gasteiger partial charge in [0.15, 0.2) is 0 Å². The molecule has 2 amide bonds. The zero-order chi connectivity index (χ0) is 12.1. The largest absolute Gasteiger partial charge is 0.396 e. The van der Waals surface area contributed by atoms with Crippen molar-refractivity contribution in [1.82, 2.24) is 10.6 Å². The highest BCUT2D eigenvalue weighted by atomic mass is 16.3. The van der Waals surface area contributed by atoms with Crippen LogP contribution < -0.4 is 10.6 Å². The van der Waals surface area contributed by atoms with E-state index < -0.39 is 0 Å². The molecule has 98 valence electrons. The molecule has 0 bridgehead atoms. The minimum Gasteiger partial charge on any atom is -0.396 e. The molecule has 2 aliphatic rings. The Balaban J connectivity index is 1.70. The van der Waals surface area contributed by atoms with Gasteiger partial charge in [-0.2, -0.15) is 0 Å². The zero-order valence-corrected chi connectivity index (χ0v) is 10.5. The van der Waals surface area contributed by atoms with Crippen molar-refractivity contribution in [2.24, 2.45) is 5.92 Å². The Hall–Kier alpha value is -0.770. The number of rotatable bonds is 5. The van der Waals surface area contributed by atoms with Crippen molar-refractivity contribution in [1.29, 1.82) is 0 Å². The molecule has 0 saturated heterocycles. The Morgan fingerprint density at radius 3 is 2.47 bits per heavy atom. The van der Waals surface area contributed by atoms with Gasteiger partial charge in [-0.15, -0.1) is 0 Å². The Morgan fingerprint density at radius 2 is 1.88 bits per heavy atom. The van der Waals surface area contributed by atoms with Crippen LogP contribution >= 0.6 is 0 Å². The second kappa shape index (κ2) is 6.24. The van der Waals surface area contributed by atoms with E-state index >= 15 is 0 Å². The summed E-state index contributed by atoms with van der Waals surface area (Å²) in [6.45, 7) is 0.158. The van der Waals surface area contributed by atoms with Crippen LogP contribution in [0.3, 0.4) is 0 Å². The van der Waals surface area contributed by atoms with Crippen LogP contribution in [0.5, 0.6) is 0 Å². The van der Waals surface area contributed by atoms with Gasteiger partial charge in [-0.05, 0) is 38.0 Å². The second-order valence-electron chi connectivity index (χ2n) is 5.41. The molecular weight excluding hydrogens is 216 g/mol. The number of carbonyl (C=O) groups is 1. The van der Waals surface area contributed by atoms with Crippen molar-refractivity contribution in [3.63, 3.8) is 0 Å². The summed E-state index contributed by atoms with van der Waals surface area (Å²) < 4.78 is 0. The van der Waals surface area contributed by atoms with Crippen LogP contribution in [0.1, 0.15) is 51.4 Å². The van der Waals surface area contributed by atoms with E-state index in [1.165, 1.54) is 32.1 Å². The number of carbonyl (C=O) groups excluding carboxylic acids is 1. The predicted molar refractivity (Wildman–Crippen MR) is 66.8 cm³/mol. The summed E-state index contributed by atoms with van der Waals surface area (Å²) in [6, 6.07) is 0.489. The molecule has 3 N–H and O–H groups in total. The Kier molecular flexibility index (Phi) is 4.66. The summed E-state index contributed by atoms with van der Waals surface area (Å²) in [5, 5.41) is 15.1. The standard InChI is InChI=1S/C13H24N2O2/c16-9-8-12(10-6-7-10)15-13(17)14-11-4-2-1-3-5-11/h10-12,16H,1-9H2,(H2,14,15,17). The van der Waals surface area contributed by atoms with Crippen LogP contribution in [-0.4, -0.2) is 29.8 Å². The minimum absolute atomic E-state index is 0.0396. The predicted octanol–water partition coefficient (Wildman–Crippen LogP) is 1.78. The lowest BCUT2D eigenvalue weighted by molar-refractivity contribution is 0.218. The number of amides is 2. The van der Waals surface area contributed by atoms with Crippen molar-refractivity contribution in [2.75, 3.05) is 6.61 Å². The molecule has 0 radical (unpaired) electrons. The maximum atomic E-state index is 11.8. The van der Waals surface area contributed by atoms with Gasteiger partial charge in [-0.25, -0.2) is 4.79 Å². The van der Waals surface area contributed by atoms with Crippen molar-refractivity contribution in [3.8, 4) is 0 Å². The highest BCUT2D eigenvalue weighted by Gasteiger charge is 2.32. The van der Waals surface area contributed by atoms with Crippen LogP contribution in [-0.2, 0) is 0 Å². The summed E-state index contributed by atoms with van der Waals surface area (Å²) >= 11 is 0. The van der Waals surface area contributed by atoms with Gasteiger partial charge in [0.1, 0.15) is 0 Å². The molecule has 2 saturated carbocycles. The van der Waals surface area contributed by atoms with E-state index in [1.54, 1.807) is 0 Å². The molecule has 0 aromatic rings. The molecule has 1 unspecified atom stereocenters. The molecule has 2 rings (SSSR count). The van der Waals surface area contributed by atoms with E-state index in [2.05, 4.69) is 10.6 Å². The number of nitrogens with one attached hydrogen (secondary N) is 2. The fourth-order valence-corrected chi connectivity index (χ4v) is 2.71. The fourth-order valence-electron chi connectivity index (χ4n) is 2.71. The molecule has 0 aromatic heterocycles. The summed E-state index contributed by atoms with van der Waals surface area (Å²) in [4.78, 5) is 11.8. The first kappa shape index (κ1) is 12.7. The van der Waals surface area contributed by atoms with Crippen LogP contribution in [0.4, 0.5) is 4.79 Å². The first-order valence-electron chi connectivity index (χ1n) is 6.97. The zero-order valence-electron chi connectivity index (χ0n) is 10.5. The highest BCUT2D eigenvalue weighted by molar-refractivity contribution is 5.74. The third kappa shape index (κ3) is 4.19. The molecule has 4 heteroatoms. The first-order chi connectivity index (χ1) is 8.29. The van der Waals surface area contributed by atoms with Gasteiger partial charge in [0.25, 0.3) is 0 Å². The summed E-state index contributed by atoms with van der Waals surface area (Å²) in [6.07, 6.45) is 9.05. The monoisotopic (exact) mass is 240 g/mol. The normalized spacial score (nSPS) is 23.1. The maximum Gasteiger partial charge on any atom is 0.315 e. The topological polar surface area (TPSA) is 61.4 Å². The molecule has 0 spiro atoms. The van der Waals surface area contributed by atoms with Gasteiger partial charge in [0.2, 0.25) is 0 Å². The third-order valence-electron chi connectivity index (χ3n) is 3.89. The lowest BCUT2D eigenvalue weighted by Gasteiger charge is -2.25. The van der Waals surface area contributed by atoms with Crippen LogP contribution in [0, 0.1) is 5.92 Å². The quantitative estimate of drug-likeness (QED) is 0.686. The summed E-state index contributed by atoms with van der Waals surface area (Å²) in [7, 11) is 0. The first-order valence-corrected chi connectivity index (χ1v) is 6.97. The summed E-state index contributed by atoms with van der Waals surface area (Å²) in [5.74, 6) is 0.597. The molecular formula is C13H24N2O2. The van der Waals surface area contributed by atoms with E-state index in [0.29, 0.717) is 18.4 Å². The van der Waals surface area contributed by atoms with E-state index in [4.69, 9.17) is 5.11 Å². The number of aliphatic hydroxyl groups excluding tert-OH is 1. The Morgan fingerprint density at radius 1 is 1.18 bits per heavy atom. The molecule has 2 aliphatic carbocycles. The van der Waals surface area contributed by atoms with Crippen molar-refractivity contribution >= 4 is 6.03 Å². The van der Waals surface area contributed by atoms with Crippen molar-refractivity contribution < 1.29 is 9.90 Å². The molecule has 4 nitrogen and oxygen atoms in total. The Bertz CT molecular complexity index is 248. The fraction of sp³-hybridized carbons (Fsp3) is 0.923. The number of urea groups is 1. The SMILES string of the molecule is O=C(NC1CCCCC1)NC(CCO)C1CC1. The van der Waals surface area contributed by atoms with Gasteiger partial charge in [0, 0.05) is 18.7 Å². The lowest BCUT2D eigenvalue weighted by atomic mass is 9.96. The van der Waals surface area contributed by atoms with Crippen molar-refractivity contribution in [3.05, 3.63) is 0 Å². The van der Waals surface area contributed by atoms with Crippen LogP contribution in [0.25, 0.3) is 0 Å². The maximum absolute atomic E-state index is 11.8. The van der Waals surface area contributed by atoms with Gasteiger partial charge in [0.05, 0.1) is 0 Å². The average Bonchev–Trinajstić information content (AvgIpc) is 3.13. The number of hydrogen-bond donors (Lipinski definition) is 3. The second-order valence-corrected chi connectivity index (χ2v) is 5.41. The Labute approximate surface area is 103 Å². The molecule has 0 heterocycles. The summed E-state index contributed by atoms with van der Waals surface area (Å²) in [5.41, 5.74) is 0. The molecule has 17 heavy (non-hydrogen) atoms. The third-order valence-corrected chi connectivity index (χ3v) is 3.89. The minimum atomic E-state index is -0.0396. The average molecular weight is 240 g/mol. The number of hydrogen-bond acceptors (Lipinski definition) is 2. The van der Waals surface area contributed by atoms with E-state index in [9.17, 15) is 4.79 Å². The van der Waals surface area contributed by atoms with Gasteiger partial charge in [-0.3, -0.25) is 0 Å². The smallest absolute Gasteiger partial charge is 0.315 e. The molecule has 0 aromatic carbocycles.